The van der Waals surface area contributed by atoms with E-state index in [9.17, 15) is 4.79 Å². The van der Waals surface area contributed by atoms with Crippen LogP contribution in [0, 0.1) is 5.92 Å². The first-order chi connectivity index (χ1) is 9.22. The van der Waals surface area contributed by atoms with Crippen LogP contribution in [0.3, 0.4) is 0 Å². The molecule has 4 heteroatoms. The van der Waals surface area contributed by atoms with Crippen LogP contribution in [0.15, 0.2) is 36.9 Å². The number of ether oxygens (including phenoxy) is 1. The minimum Gasteiger partial charge on any atom is -0.489 e. The van der Waals surface area contributed by atoms with Gasteiger partial charge in [0, 0.05) is 12.6 Å². The molecule has 1 amide bonds. The number of benzene rings is 1. The smallest absolute Gasteiger partial charge is 0.255 e. The largest absolute Gasteiger partial charge is 0.489 e. The summed E-state index contributed by atoms with van der Waals surface area (Å²) in [5, 5.41) is 2.87. The van der Waals surface area contributed by atoms with Crippen molar-refractivity contribution in [3.63, 3.8) is 0 Å². The molecule has 3 N–H and O–H groups in total. The second kappa shape index (κ2) is 6.38. The zero-order chi connectivity index (χ0) is 13.7. The van der Waals surface area contributed by atoms with Crippen LogP contribution < -0.4 is 15.8 Å². The molecule has 0 saturated heterocycles. The van der Waals surface area contributed by atoms with Crippen molar-refractivity contribution in [2.75, 3.05) is 13.2 Å². The van der Waals surface area contributed by atoms with E-state index in [-0.39, 0.29) is 11.9 Å². The van der Waals surface area contributed by atoms with Gasteiger partial charge in [-0.05, 0) is 30.9 Å². The van der Waals surface area contributed by atoms with E-state index in [2.05, 4.69) is 11.9 Å². The fourth-order valence-corrected chi connectivity index (χ4v) is 1.93. The van der Waals surface area contributed by atoms with Gasteiger partial charge in [0.15, 0.2) is 0 Å². The molecule has 0 heterocycles. The van der Waals surface area contributed by atoms with Crippen LogP contribution in [0.5, 0.6) is 5.75 Å². The second-order valence-corrected chi connectivity index (χ2v) is 4.81. The lowest BCUT2D eigenvalue weighted by Crippen LogP contribution is -2.38. The van der Waals surface area contributed by atoms with Crippen molar-refractivity contribution in [3.8, 4) is 5.75 Å². The van der Waals surface area contributed by atoms with E-state index in [1.165, 1.54) is 12.8 Å². The van der Waals surface area contributed by atoms with Crippen molar-refractivity contribution in [1.82, 2.24) is 5.32 Å². The van der Waals surface area contributed by atoms with Gasteiger partial charge in [-0.15, -0.1) is 0 Å². The quantitative estimate of drug-likeness (QED) is 0.734. The van der Waals surface area contributed by atoms with Crippen LogP contribution >= 0.6 is 0 Å². The lowest BCUT2D eigenvalue weighted by Gasteiger charge is -2.13. The summed E-state index contributed by atoms with van der Waals surface area (Å²) in [5.41, 5.74) is 6.50. The van der Waals surface area contributed by atoms with Gasteiger partial charge >= 0.3 is 0 Å². The molecule has 1 aromatic carbocycles. The first kappa shape index (κ1) is 13.6. The van der Waals surface area contributed by atoms with Gasteiger partial charge in [-0.3, -0.25) is 4.79 Å². The van der Waals surface area contributed by atoms with Gasteiger partial charge in [-0.2, -0.15) is 0 Å². The first-order valence-electron chi connectivity index (χ1n) is 6.59. The molecule has 0 spiro atoms. The molecule has 1 unspecified atom stereocenters. The van der Waals surface area contributed by atoms with Gasteiger partial charge in [0.05, 0.1) is 5.56 Å². The fraction of sp³-hybridized carbons (Fsp3) is 0.400. The predicted molar refractivity (Wildman–Crippen MR) is 75.2 cm³/mol. The molecule has 1 atom stereocenters. The number of amides is 1. The number of nitrogens with two attached hydrogens (primary N) is 1. The van der Waals surface area contributed by atoms with E-state index in [0.717, 1.165) is 0 Å². The maximum atomic E-state index is 12.1. The van der Waals surface area contributed by atoms with Crippen LogP contribution in [0.2, 0.25) is 0 Å². The van der Waals surface area contributed by atoms with Crippen molar-refractivity contribution in [2.45, 2.75) is 18.9 Å². The van der Waals surface area contributed by atoms with E-state index in [4.69, 9.17) is 10.5 Å². The Morgan fingerprint density at radius 1 is 1.53 bits per heavy atom. The lowest BCUT2D eigenvalue weighted by molar-refractivity contribution is 0.0946. The number of rotatable bonds is 7. The Bertz CT molecular complexity index is 455. The normalized spacial score (nSPS) is 15.6. The minimum absolute atomic E-state index is 0.0604. The molecule has 0 bridgehead atoms. The van der Waals surface area contributed by atoms with Crippen LogP contribution in [0.1, 0.15) is 23.2 Å². The highest BCUT2D eigenvalue weighted by Crippen LogP contribution is 2.31. The third-order valence-electron chi connectivity index (χ3n) is 3.21. The summed E-state index contributed by atoms with van der Waals surface area (Å²) < 4.78 is 5.46. The summed E-state index contributed by atoms with van der Waals surface area (Å²) in [5.74, 6) is 1.00. The summed E-state index contributed by atoms with van der Waals surface area (Å²) in [4.78, 5) is 12.1. The molecule has 0 aliphatic heterocycles. The van der Waals surface area contributed by atoms with Gasteiger partial charge in [0.2, 0.25) is 0 Å². The highest BCUT2D eigenvalue weighted by atomic mass is 16.5. The van der Waals surface area contributed by atoms with Crippen LogP contribution in [0.4, 0.5) is 0 Å². The summed E-state index contributed by atoms with van der Waals surface area (Å²) in [6, 6.07) is 7.24. The summed E-state index contributed by atoms with van der Waals surface area (Å²) in [6.07, 6.45) is 4.00. The average Bonchev–Trinajstić information content (AvgIpc) is 3.27. The van der Waals surface area contributed by atoms with Crippen molar-refractivity contribution >= 4 is 5.91 Å². The minimum atomic E-state index is -0.143. The predicted octanol–water partition coefficient (Wildman–Crippen LogP) is 1.72. The Kier molecular flexibility index (Phi) is 4.58. The highest BCUT2D eigenvalue weighted by molar-refractivity contribution is 5.96. The molecule has 0 radical (unpaired) electrons. The number of hydrogen-bond acceptors (Lipinski definition) is 3. The van der Waals surface area contributed by atoms with E-state index in [0.29, 0.717) is 30.4 Å². The van der Waals surface area contributed by atoms with Crippen LogP contribution in [-0.2, 0) is 0 Å². The van der Waals surface area contributed by atoms with E-state index in [1.54, 1.807) is 18.2 Å². The van der Waals surface area contributed by atoms with Gasteiger partial charge in [-0.1, -0.05) is 24.8 Å². The molecule has 1 aliphatic rings. The Hall–Kier alpha value is -1.81. The highest BCUT2D eigenvalue weighted by Gasteiger charge is 2.28. The number of hydrogen-bond donors (Lipinski definition) is 2. The van der Waals surface area contributed by atoms with Crippen molar-refractivity contribution < 1.29 is 9.53 Å². The van der Waals surface area contributed by atoms with E-state index >= 15 is 0 Å². The maximum Gasteiger partial charge on any atom is 0.255 e. The van der Waals surface area contributed by atoms with Crippen molar-refractivity contribution in [1.29, 1.82) is 0 Å². The topological polar surface area (TPSA) is 64.3 Å². The SMILES string of the molecule is C=CCOc1ccccc1C(=O)NCC(N)C1CC1. The Morgan fingerprint density at radius 2 is 2.26 bits per heavy atom. The van der Waals surface area contributed by atoms with Crippen molar-refractivity contribution in [3.05, 3.63) is 42.5 Å². The number of nitrogens with one attached hydrogen (secondary N) is 1. The van der Waals surface area contributed by atoms with E-state index in [1.807, 2.05) is 12.1 Å². The Balaban J connectivity index is 1.94. The van der Waals surface area contributed by atoms with Crippen LogP contribution in [0.25, 0.3) is 0 Å². The molecular formula is C15H20N2O2. The summed E-state index contributed by atoms with van der Waals surface area (Å²) in [6.45, 7) is 4.49. The monoisotopic (exact) mass is 260 g/mol. The fourth-order valence-electron chi connectivity index (χ4n) is 1.93. The zero-order valence-corrected chi connectivity index (χ0v) is 11.0. The first-order valence-corrected chi connectivity index (χ1v) is 6.59. The third-order valence-corrected chi connectivity index (χ3v) is 3.21. The standard InChI is InChI=1S/C15H20N2O2/c1-2-9-19-14-6-4-3-5-12(14)15(18)17-10-13(16)11-7-8-11/h2-6,11,13H,1,7-10,16H2,(H,17,18). The summed E-state index contributed by atoms with van der Waals surface area (Å²) >= 11 is 0. The average molecular weight is 260 g/mol. The molecule has 1 aliphatic carbocycles. The van der Waals surface area contributed by atoms with Gasteiger partial charge in [-0.25, -0.2) is 0 Å². The number of carbonyl (C=O) groups excluding carboxylic acids is 1. The van der Waals surface area contributed by atoms with Crippen molar-refractivity contribution in [2.24, 2.45) is 11.7 Å². The second-order valence-electron chi connectivity index (χ2n) is 4.81. The number of carbonyl (C=O) groups is 1. The molecular weight excluding hydrogens is 240 g/mol. The third kappa shape index (κ3) is 3.83. The zero-order valence-electron chi connectivity index (χ0n) is 11.0. The molecule has 0 aromatic heterocycles. The van der Waals surface area contributed by atoms with Gasteiger partial charge in [0.1, 0.15) is 12.4 Å². The molecule has 19 heavy (non-hydrogen) atoms. The molecule has 102 valence electrons. The van der Waals surface area contributed by atoms with Gasteiger partial charge < -0.3 is 15.8 Å². The lowest BCUT2D eigenvalue weighted by atomic mass is 10.1. The van der Waals surface area contributed by atoms with E-state index < -0.39 is 0 Å². The molecule has 1 fully saturated rings. The Labute approximate surface area is 113 Å². The number of para-hydroxylation sites is 1. The van der Waals surface area contributed by atoms with Gasteiger partial charge in [0.25, 0.3) is 5.91 Å². The molecule has 4 nitrogen and oxygen atoms in total. The van der Waals surface area contributed by atoms with Crippen LogP contribution in [-0.4, -0.2) is 25.1 Å². The Morgan fingerprint density at radius 3 is 2.95 bits per heavy atom. The molecule has 2 rings (SSSR count). The summed E-state index contributed by atoms with van der Waals surface area (Å²) in [7, 11) is 0. The maximum absolute atomic E-state index is 12.1. The molecule has 1 saturated carbocycles. The molecule has 1 aromatic rings.